The third-order valence-electron chi connectivity index (χ3n) is 3.40. The fourth-order valence-electron chi connectivity index (χ4n) is 2.33. The summed E-state index contributed by atoms with van der Waals surface area (Å²) in [6.07, 6.45) is 2.61. The summed E-state index contributed by atoms with van der Waals surface area (Å²) in [6.45, 7) is 10.9. The lowest BCUT2D eigenvalue weighted by Crippen LogP contribution is -2.07. The molecule has 84 valence electrons. The summed E-state index contributed by atoms with van der Waals surface area (Å²) in [5, 5.41) is 0. The molecule has 1 unspecified atom stereocenters. The molecule has 1 atom stereocenters. The van der Waals surface area contributed by atoms with Crippen molar-refractivity contribution in [2.45, 2.75) is 47.5 Å². The topological polar surface area (TPSA) is 0 Å². The quantitative estimate of drug-likeness (QED) is 0.636. The number of aryl methyl sites for hydroxylation is 1. The molecule has 0 radical (unpaired) electrons. The Balaban J connectivity index is 0.000000531. The molecule has 2 rings (SSSR count). The van der Waals surface area contributed by atoms with Gasteiger partial charge < -0.3 is 0 Å². The fraction of sp³-hybridized carbons (Fsp3) is 0.600. The van der Waals surface area contributed by atoms with Crippen LogP contribution in [0.4, 0.5) is 0 Å². The van der Waals surface area contributed by atoms with E-state index in [1.54, 1.807) is 11.1 Å². The van der Waals surface area contributed by atoms with Crippen LogP contribution in [0, 0.1) is 18.8 Å². The van der Waals surface area contributed by atoms with E-state index in [-0.39, 0.29) is 0 Å². The van der Waals surface area contributed by atoms with Gasteiger partial charge >= 0.3 is 0 Å². The number of hydrogen-bond donors (Lipinski definition) is 0. The molecule has 0 fully saturated rings. The monoisotopic (exact) mass is 204 g/mol. The highest BCUT2D eigenvalue weighted by Crippen LogP contribution is 2.32. The summed E-state index contributed by atoms with van der Waals surface area (Å²) in [7, 11) is 0. The van der Waals surface area contributed by atoms with Gasteiger partial charge in [-0.05, 0) is 48.3 Å². The molecule has 0 heterocycles. The molecule has 0 bridgehead atoms. The van der Waals surface area contributed by atoms with Crippen LogP contribution < -0.4 is 0 Å². The molecule has 0 heteroatoms. The van der Waals surface area contributed by atoms with Crippen LogP contribution in [0.1, 0.15) is 44.4 Å². The maximum absolute atomic E-state index is 2.34. The Bertz CT molecular complexity index is 310. The Morgan fingerprint density at radius 1 is 1.13 bits per heavy atom. The lowest BCUT2D eigenvalue weighted by Gasteiger charge is -2.12. The first-order chi connectivity index (χ1) is 7.18. The third kappa shape index (κ3) is 2.62. The molecule has 1 aromatic carbocycles. The van der Waals surface area contributed by atoms with Gasteiger partial charge in [-0.25, -0.2) is 0 Å². The predicted molar refractivity (Wildman–Crippen MR) is 68.3 cm³/mol. The molecule has 1 aromatic rings. The Labute approximate surface area is 94.7 Å². The van der Waals surface area contributed by atoms with E-state index in [1.807, 2.05) is 13.8 Å². The van der Waals surface area contributed by atoms with Crippen LogP contribution in [0.5, 0.6) is 0 Å². The van der Waals surface area contributed by atoms with E-state index in [4.69, 9.17) is 0 Å². The molecule has 0 nitrogen and oxygen atoms in total. The molecule has 0 spiro atoms. The average molecular weight is 204 g/mol. The zero-order valence-corrected chi connectivity index (χ0v) is 10.8. The number of hydrogen-bond acceptors (Lipinski definition) is 0. The van der Waals surface area contributed by atoms with E-state index in [0.717, 1.165) is 11.8 Å². The average Bonchev–Trinajstić information content (AvgIpc) is 2.66. The minimum atomic E-state index is 0.826. The van der Waals surface area contributed by atoms with Crippen molar-refractivity contribution in [3.63, 3.8) is 0 Å². The van der Waals surface area contributed by atoms with Gasteiger partial charge in [-0.3, -0.25) is 0 Å². The number of fused-ring (bicyclic) bond motifs is 1. The van der Waals surface area contributed by atoms with E-state index in [2.05, 4.69) is 39.0 Å². The molecule has 0 aliphatic heterocycles. The van der Waals surface area contributed by atoms with Gasteiger partial charge in [0.15, 0.2) is 0 Å². The van der Waals surface area contributed by atoms with Crippen molar-refractivity contribution in [3.05, 3.63) is 34.9 Å². The lowest BCUT2D eigenvalue weighted by atomic mass is 9.93. The normalized spacial score (nSPS) is 18.4. The minimum Gasteiger partial charge on any atom is -0.0683 e. The van der Waals surface area contributed by atoms with E-state index in [1.165, 1.54) is 18.4 Å². The zero-order valence-electron chi connectivity index (χ0n) is 10.8. The van der Waals surface area contributed by atoms with Gasteiger partial charge in [0.2, 0.25) is 0 Å². The Hall–Kier alpha value is -0.780. The summed E-state index contributed by atoms with van der Waals surface area (Å²) in [6, 6.07) is 6.73. The van der Waals surface area contributed by atoms with E-state index in [0.29, 0.717) is 0 Å². The van der Waals surface area contributed by atoms with Crippen LogP contribution in [-0.4, -0.2) is 0 Å². The van der Waals surface area contributed by atoms with Crippen molar-refractivity contribution in [1.82, 2.24) is 0 Å². The molecule has 0 N–H and O–H groups in total. The molecule has 1 aliphatic carbocycles. The third-order valence-corrected chi connectivity index (χ3v) is 3.40. The molecule has 15 heavy (non-hydrogen) atoms. The largest absolute Gasteiger partial charge is 0.0683 e. The van der Waals surface area contributed by atoms with Gasteiger partial charge in [0.25, 0.3) is 0 Å². The maximum Gasteiger partial charge on any atom is -0.0239 e. The van der Waals surface area contributed by atoms with E-state index < -0.39 is 0 Å². The van der Waals surface area contributed by atoms with Gasteiger partial charge in [-0.15, -0.1) is 0 Å². The van der Waals surface area contributed by atoms with Crippen LogP contribution >= 0.6 is 0 Å². The first kappa shape index (κ1) is 12.3. The summed E-state index contributed by atoms with van der Waals surface area (Å²) in [5.74, 6) is 1.71. The van der Waals surface area contributed by atoms with Crippen molar-refractivity contribution in [1.29, 1.82) is 0 Å². The molecule has 0 saturated carbocycles. The van der Waals surface area contributed by atoms with Crippen LogP contribution in [0.25, 0.3) is 0 Å². The molecular weight excluding hydrogens is 180 g/mol. The Kier molecular flexibility index (Phi) is 4.38. The van der Waals surface area contributed by atoms with E-state index in [9.17, 15) is 0 Å². The molecule has 1 aliphatic rings. The highest BCUT2D eigenvalue weighted by atomic mass is 14.3. The van der Waals surface area contributed by atoms with Gasteiger partial charge in [-0.1, -0.05) is 45.9 Å². The highest BCUT2D eigenvalue weighted by Gasteiger charge is 2.24. The maximum atomic E-state index is 2.34. The highest BCUT2D eigenvalue weighted by molar-refractivity contribution is 5.38. The summed E-state index contributed by atoms with van der Waals surface area (Å²) in [4.78, 5) is 0. The Morgan fingerprint density at radius 2 is 1.80 bits per heavy atom. The van der Waals surface area contributed by atoms with E-state index >= 15 is 0 Å². The number of rotatable bonds is 1. The van der Waals surface area contributed by atoms with Gasteiger partial charge in [0.05, 0.1) is 0 Å². The van der Waals surface area contributed by atoms with Crippen molar-refractivity contribution in [2.75, 3.05) is 0 Å². The summed E-state index contributed by atoms with van der Waals surface area (Å²) in [5.41, 5.74) is 4.71. The molecule has 0 saturated heterocycles. The van der Waals surface area contributed by atoms with Gasteiger partial charge in [0.1, 0.15) is 0 Å². The van der Waals surface area contributed by atoms with Crippen LogP contribution in [-0.2, 0) is 12.8 Å². The summed E-state index contributed by atoms with van der Waals surface area (Å²) < 4.78 is 0. The first-order valence-corrected chi connectivity index (χ1v) is 6.26. The van der Waals surface area contributed by atoms with Crippen molar-refractivity contribution in [2.24, 2.45) is 11.8 Å². The second kappa shape index (κ2) is 5.34. The standard InChI is InChI=1S/C13H18.C2H6/c1-9(2)12-7-11-6-4-5-10(3)13(11)8-12;1-2/h4-6,9,12H,7-8H2,1-3H3;1-2H3. The van der Waals surface area contributed by atoms with Crippen LogP contribution in [0.3, 0.4) is 0 Å². The SMILES string of the molecule is CC.Cc1cccc2c1CC(C(C)C)C2. The van der Waals surface area contributed by atoms with Crippen LogP contribution in [0.15, 0.2) is 18.2 Å². The predicted octanol–water partition coefficient (Wildman–Crippen LogP) is 4.39. The second-order valence-corrected chi connectivity index (χ2v) is 4.62. The fourth-order valence-corrected chi connectivity index (χ4v) is 2.33. The van der Waals surface area contributed by atoms with Gasteiger partial charge in [0, 0.05) is 0 Å². The first-order valence-electron chi connectivity index (χ1n) is 6.26. The smallest absolute Gasteiger partial charge is 0.0239 e. The van der Waals surface area contributed by atoms with Crippen molar-refractivity contribution < 1.29 is 0 Å². The molecule has 0 aromatic heterocycles. The molecular formula is C15H24. The minimum absolute atomic E-state index is 0.826. The summed E-state index contributed by atoms with van der Waals surface area (Å²) >= 11 is 0. The van der Waals surface area contributed by atoms with Gasteiger partial charge in [-0.2, -0.15) is 0 Å². The van der Waals surface area contributed by atoms with Crippen molar-refractivity contribution in [3.8, 4) is 0 Å². The molecule has 0 amide bonds. The van der Waals surface area contributed by atoms with Crippen LogP contribution in [0.2, 0.25) is 0 Å². The second-order valence-electron chi connectivity index (χ2n) is 4.62. The van der Waals surface area contributed by atoms with Crippen molar-refractivity contribution >= 4 is 0 Å². The lowest BCUT2D eigenvalue weighted by molar-refractivity contribution is 0.404. The number of benzene rings is 1. The zero-order chi connectivity index (χ0) is 11.4. The Morgan fingerprint density at radius 3 is 2.33 bits per heavy atom.